The van der Waals surface area contributed by atoms with Crippen molar-refractivity contribution in [1.82, 2.24) is 4.98 Å². The number of hydrogen-bond donors (Lipinski definition) is 1. The molecule has 112 valence electrons. The first-order chi connectivity index (χ1) is 10.7. The predicted molar refractivity (Wildman–Crippen MR) is 97.0 cm³/mol. The number of para-hydroxylation sites is 1. The molecule has 0 fully saturated rings. The number of thioether (sulfide) groups is 1. The van der Waals surface area contributed by atoms with Crippen molar-refractivity contribution in [1.29, 1.82) is 0 Å². The number of benzene rings is 2. The van der Waals surface area contributed by atoms with E-state index in [2.05, 4.69) is 35.8 Å². The Balaban J connectivity index is 1.94. The number of anilines is 1. The van der Waals surface area contributed by atoms with Crippen molar-refractivity contribution in [3.8, 4) is 0 Å². The molecule has 22 heavy (non-hydrogen) atoms. The summed E-state index contributed by atoms with van der Waals surface area (Å²) < 4.78 is 0. The highest BCUT2D eigenvalue weighted by Gasteiger charge is 2.07. The van der Waals surface area contributed by atoms with Crippen molar-refractivity contribution < 1.29 is 0 Å². The van der Waals surface area contributed by atoms with Crippen LogP contribution in [0.2, 0.25) is 5.02 Å². The SMILES string of the molecule is CSc1cccc2c(NCc3ccc(Cl)cc3)cc(C)nc12. The Bertz CT molecular complexity index is 800. The van der Waals surface area contributed by atoms with Gasteiger partial charge in [-0.1, -0.05) is 35.9 Å². The highest BCUT2D eigenvalue weighted by molar-refractivity contribution is 7.98. The number of fused-ring (bicyclic) bond motifs is 1. The van der Waals surface area contributed by atoms with E-state index in [0.717, 1.165) is 33.9 Å². The van der Waals surface area contributed by atoms with Gasteiger partial charge in [0.1, 0.15) is 0 Å². The summed E-state index contributed by atoms with van der Waals surface area (Å²) in [6, 6.07) is 16.3. The van der Waals surface area contributed by atoms with Gasteiger partial charge in [0.05, 0.1) is 5.52 Å². The van der Waals surface area contributed by atoms with Gasteiger partial charge >= 0.3 is 0 Å². The van der Waals surface area contributed by atoms with Gasteiger partial charge in [-0.25, -0.2) is 0 Å². The van der Waals surface area contributed by atoms with Crippen LogP contribution in [0.1, 0.15) is 11.3 Å². The second-order valence-electron chi connectivity index (χ2n) is 5.15. The number of rotatable bonds is 4. The Morgan fingerprint density at radius 2 is 1.91 bits per heavy atom. The standard InChI is InChI=1S/C18H17ClN2S/c1-12-10-16(20-11-13-6-8-14(19)9-7-13)15-4-3-5-17(22-2)18(15)21-12/h3-10H,11H2,1-2H3,(H,20,21). The quantitative estimate of drug-likeness (QED) is 0.637. The summed E-state index contributed by atoms with van der Waals surface area (Å²) in [4.78, 5) is 5.90. The summed E-state index contributed by atoms with van der Waals surface area (Å²) in [6.45, 7) is 2.79. The summed E-state index contributed by atoms with van der Waals surface area (Å²) in [5.74, 6) is 0. The molecule has 0 bridgehead atoms. The van der Waals surface area contributed by atoms with Crippen LogP contribution in [0.3, 0.4) is 0 Å². The highest BCUT2D eigenvalue weighted by Crippen LogP contribution is 2.30. The third kappa shape index (κ3) is 3.21. The summed E-state index contributed by atoms with van der Waals surface area (Å²) in [7, 11) is 0. The maximum absolute atomic E-state index is 5.93. The number of aryl methyl sites for hydroxylation is 1. The van der Waals surface area contributed by atoms with Crippen LogP contribution in [0.15, 0.2) is 53.4 Å². The minimum atomic E-state index is 0.763. The molecule has 3 rings (SSSR count). The summed E-state index contributed by atoms with van der Waals surface area (Å²) in [6.07, 6.45) is 2.08. The lowest BCUT2D eigenvalue weighted by molar-refractivity contribution is 1.14. The minimum Gasteiger partial charge on any atom is -0.380 e. The van der Waals surface area contributed by atoms with Crippen molar-refractivity contribution >= 4 is 40.0 Å². The van der Waals surface area contributed by atoms with E-state index < -0.39 is 0 Å². The van der Waals surface area contributed by atoms with E-state index >= 15 is 0 Å². The maximum atomic E-state index is 5.93. The average Bonchev–Trinajstić information content (AvgIpc) is 2.53. The Labute approximate surface area is 139 Å². The fourth-order valence-corrected chi connectivity index (χ4v) is 3.15. The van der Waals surface area contributed by atoms with Crippen LogP contribution in [-0.4, -0.2) is 11.2 Å². The number of pyridine rings is 1. The molecule has 3 aromatic rings. The fourth-order valence-electron chi connectivity index (χ4n) is 2.46. The van der Waals surface area contributed by atoms with Crippen LogP contribution in [-0.2, 0) is 6.54 Å². The van der Waals surface area contributed by atoms with Gasteiger partial charge in [0.15, 0.2) is 0 Å². The Kier molecular flexibility index (Phi) is 4.55. The van der Waals surface area contributed by atoms with Crippen LogP contribution < -0.4 is 5.32 Å². The van der Waals surface area contributed by atoms with Gasteiger partial charge in [-0.05, 0) is 43.0 Å². The summed E-state index contributed by atoms with van der Waals surface area (Å²) in [5.41, 5.74) is 4.41. The molecule has 0 saturated carbocycles. The number of hydrogen-bond acceptors (Lipinski definition) is 3. The molecule has 2 nitrogen and oxygen atoms in total. The molecule has 0 atom stereocenters. The molecule has 1 N–H and O–H groups in total. The third-order valence-electron chi connectivity index (χ3n) is 3.55. The number of aromatic nitrogens is 1. The molecule has 1 heterocycles. The van der Waals surface area contributed by atoms with Crippen molar-refractivity contribution in [3.05, 3.63) is 64.8 Å². The van der Waals surface area contributed by atoms with E-state index in [0.29, 0.717) is 0 Å². The molecule has 0 saturated heterocycles. The largest absolute Gasteiger partial charge is 0.380 e. The molecular formula is C18H17ClN2S. The first-order valence-electron chi connectivity index (χ1n) is 7.10. The fraction of sp³-hybridized carbons (Fsp3) is 0.167. The van der Waals surface area contributed by atoms with Gasteiger partial charge in [0.25, 0.3) is 0 Å². The van der Waals surface area contributed by atoms with E-state index in [1.807, 2.05) is 31.2 Å². The monoisotopic (exact) mass is 328 g/mol. The molecule has 0 unspecified atom stereocenters. The molecule has 0 amide bonds. The average molecular weight is 329 g/mol. The Morgan fingerprint density at radius 1 is 1.14 bits per heavy atom. The topological polar surface area (TPSA) is 24.9 Å². The Morgan fingerprint density at radius 3 is 2.64 bits per heavy atom. The summed E-state index contributed by atoms with van der Waals surface area (Å²) in [5, 5.41) is 5.44. The lowest BCUT2D eigenvalue weighted by atomic mass is 10.1. The second-order valence-corrected chi connectivity index (χ2v) is 6.43. The molecule has 0 aliphatic heterocycles. The van der Waals surface area contributed by atoms with E-state index in [-0.39, 0.29) is 0 Å². The van der Waals surface area contributed by atoms with E-state index in [1.165, 1.54) is 10.5 Å². The molecule has 1 aromatic heterocycles. The zero-order valence-corrected chi connectivity index (χ0v) is 14.1. The third-order valence-corrected chi connectivity index (χ3v) is 4.57. The van der Waals surface area contributed by atoms with Crippen LogP contribution in [0.5, 0.6) is 0 Å². The summed E-state index contributed by atoms with van der Waals surface area (Å²) >= 11 is 7.66. The van der Waals surface area contributed by atoms with Crippen molar-refractivity contribution in [2.45, 2.75) is 18.4 Å². The van der Waals surface area contributed by atoms with Crippen molar-refractivity contribution in [2.75, 3.05) is 11.6 Å². The molecule has 0 radical (unpaired) electrons. The lowest BCUT2D eigenvalue weighted by Gasteiger charge is -2.12. The zero-order chi connectivity index (χ0) is 15.5. The number of halogens is 1. The zero-order valence-electron chi connectivity index (χ0n) is 12.6. The first kappa shape index (κ1) is 15.2. The lowest BCUT2D eigenvalue weighted by Crippen LogP contribution is -2.01. The number of nitrogens with zero attached hydrogens (tertiary/aromatic N) is 1. The molecular weight excluding hydrogens is 312 g/mol. The van der Waals surface area contributed by atoms with Crippen LogP contribution >= 0.6 is 23.4 Å². The second kappa shape index (κ2) is 6.59. The van der Waals surface area contributed by atoms with Crippen LogP contribution in [0.25, 0.3) is 10.9 Å². The Hall–Kier alpha value is -1.71. The first-order valence-corrected chi connectivity index (χ1v) is 8.70. The molecule has 0 aliphatic carbocycles. The minimum absolute atomic E-state index is 0.763. The van der Waals surface area contributed by atoms with Crippen molar-refractivity contribution in [2.24, 2.45) is 0 Å². The van der Waals surface area contributed by atoms with Gasteiger partial charge in [-0.3, -0.25) is 4.98 Å². The molecule has 2 aromatic carbocycles. The smallest absolute Gasteiger partial charge is 0.0861 e. The van der Waals surface area contributed by atoms with E-state index in [9.17, 15) is 0 Å². The van der Waals surface area contributed by atoms with Gasteiger partial charge in [0, 0.05) is 33.2 Å². The van der Waals surface area contributed by atoms with E-state index in [1.54, 1.807) is 11.8 Å². The van der Waals surface area contributed by atoms with Gasteiger partial charge < -0.3 is 5.32 Å². The number of nitrogens with one attached hydrogen (secondary N) is 1. The van der Waals surface area contributed by atoms with E-state index in [4.69, 9.17) is 16.6 Å². The van der Waals surface area contributed by atoms with Crippen LogP contribution in [0.4, 0.5) is 5.69 Å². The van der Waals surface area contributed by atoms with Gasteiger partial charge in [-0.15, -0.1) is 11.8 Å². The van der Waals surface area contributed by atoms with Gasteiger partial charge in [0.2, 0.25) is 0 Å². The van der Waals surface area contributed by atoms with Gasteiger partial charge in [-0.2, -0.15) is 0 Å². The molecule has 4 heteroatoms. The molecule has 0 spiro atoms. The van der Waals surface area contributed by atoms with Crippen LogP contribution in [0, 0.1) is 6.92 Å². The van der Waals surface area contributed by atoms with Crippen molar-refractivity contribution in [3.63, 3.8) is 0 Å². The maximum Gasteiger partial charge on any atom is 0.0861 e. The predicted octanol–water partition coefficient (Wildman–Crippen LogP) is 5.53. The highest BCUT2D eigenvalue weighted by atomic mass is 35.5. The molecule has 0 aliphatic rings. The normalized spacial score (nSPS) is 10.9.